The second kappa shape index (κ2) is 4.92. The molecule has 18 heavy (non-hydrogen) atoms. The first kappa shape index (κ1) is 12.2. The lowest BCUT2D eigenvalue weighted by Crippen LogP contribution is -1.98. The van der Waals surface area contributed by atoms with Gasteiger partial charge in [0, 0.05) is 11.8 Å². The Morgan fingerprint density at radius 3 is 2.83 bits per heavy atom. The molecule has 0 aromatic carbocycles. The van der Waals surface area contributed by atoms with Crippen LogP contribution in [0.2, 0.25) is 5.15 Å². The molecule has 0 fully saturated rings. The lowest BCUT2D eigenvalue weighted by atomic mass is 10.2. The maximum Gasteiger partial charge on any atom is 0.332 e. The summed E-state index contributed by atoms with van der Waals surface area (Å²) in [6.07, 6.45) is 4.08. The van der Waals surface area contributed by atoms with Crippen molar-refractivity contribution in [2.75, 3.05) is 7.11 Å². The smallest absolute Gasteiger partial charge is 0.332 e. The fraction of sp³-hybridized carbons (Fsp3) is 0.100. The van der Waals surface area contributed by atoms with E-state index in [-0.39, 0.29) is 16.5 Å². The Hall–Kier alpha value is -2.28. The molecule has 0 atom stereocenters. The van der Waals surface area contributed by atoms with Gasteiger partial charge in [-0.2, -0.15) is 0 Å². The van der Waals surface area contributed by atoms with Gasteiger partial charge < -0.3 is 4.74 Å². The minimum absolute atomic E-state index is 0.103. The van der Waals surface area contributed by atoms with Crippen LogP contribution in [0, 0.1) is 10.1 Å². The number of hydrogen-bond donors (Lipinski definition) is 0. The van der Waals surface area contributed by atoms with Gasteiger partial charge in [-0.05, 0) is 6.07 Å². The molecule has 0 spiro atoms. The third kappa shape index (κ3) is 2.21. The van der Waals surface area contributed by atoms with Gasteiger partial charge in [-0.15, -0.1) is 0 Å². The lowest BCUT2D eigenvalue weighted by Gasteiger charge is -2.04. The number of nitrogens with zero attached hydrogens (tertiary/aromatic N) is 4. The third-order valence-electron chi connectivity index (χ3n) is 2.18. The number of pyridine rings is 1. The number of ether oxygens (including phenoxy) is 1. The van der Waals surface area contributed by atoms with E-state index in [1.54, 1.807) is 6.07 Å². The van der Waals surface area contributed by atoms with Crippen LogP contribution < -0.4 is 4.74 Å². The first-order valence-electron chi connectivity index (χ1n) is 4.77. The molecule has 0 amide bonds. The summed E-state index contributed by atoms with van der Waals surface area (Å²) in [5, 5.41) is 10.7. The Balaban J connectivity index is 2.63. The minimum Gasteiger partial charge on any atom is -0.495 e. The van der Waals surface area contributed by atoms with Gasteiger partial charge >= 0.3 is 5.69 Å². The molecule has 2 aromatic heterocycles. The Labute approximate surface area is 107 Å². The molecule has 0 aliphatic rings. The maximum absolute atomic E-state index is 11.0. The first-order valence-corrected chi connectivity index (χ1v) is 5.15. The van der Waals surface area contributed by atoms with E-state index in [9.17, 15) is 10.1 Å². The van der Waals surface area contributed by atoms with Crippen LogP contribution in [-0.2, 0) is 0 Å². The molecule has 2 heterocycles. The molecule has 2 aromatic rings. The standard InChI is InChI=1S/C10H7ClN4O3/c1-18-7-2-6(3-12-4-7)8-9(15(16)17)10(11)14-5-13-8/h2-5H,1H3. The Morgan fingerprint density at radius 2 is 2.17 bits per heavy atom. The third-order valence-corrected chi connectivity index (χ3v) is 2.46. The molecule has 92 valence electrons. The summed E-state index contributed by atoms with van der Waals surface area (Å²) < 4.78 is 5.00. The zero-order chi connectivity index (χ0) is 13.1. The Kier molecular flexibility index (Phi) is 3.33. The van der Waals surface area contributed by atoms with Crippen LogP contribution in [0.15, 0.2) is 24.8 Å². The molecular formula is C10H7ClN4O3. The predicted molar refractivity (Wildman–Crippen MR) is 63.5 cm³/mol. The van der Waals surface area contributed by atoms with Gasteiger partial charge in [0.05, 0.1) is 18.2 Å². The molecule has 0 radical (unpaired) electrons. The fourth-order valence-electron chi connectivity index (χ4n) is 1.39. The maximum atomic E-state index is 11.0. The molecule has 0 N–H and O–H groups in total. The summed E-state index contributed by atoms with van der Waals surface area (Å²) >= 11 is 5.70. The van der Waals surface area contributed by atoms with Crippen LogP contribution in [-0.4, -0.2) is 27.0 Å². The van der Waals surface area contributed by atoms with Crippen LogP contribution >= 0.6 is 11.6 Å². The normalized spacial score (nSPS) is 10.1. The SMILES string of the molecule is COc1cncc(-c2ncnc(Cl)c2[N+](=O)[O-])c1. The van der Waals surface area contributed by atoms with E-state index in [1.165, 1.54) is 19.5 Å². The van der Waals surface area contributed by atoms with Gasteiger partial charge in [-0.3, -0.25) is 15.1 Å². The highest BCUT2D eigenvalue weighted by Gasteiger charge is 2.23. The van der Waals surface area contributed by atoms with E-state index >= 15 is 0 Å². The predicted octanol–water partition coefficient (Wildman–Crippen LogP) is 2.11. The van der Waals surface area contributed by atoms with Crippen LogP contribution in [0.3, 0.4) is 0 Å². The summed E-state index contributed by atoms with van der Waals surface area (Å²) in [4.78, 5) is 21.7. The van der Waals surface area contributed by atoms with Crippen LogP contribution in [0.4, 0.5) is 5.69 Å². The van der Waals surface area contributed by atoms with Gasteiger partial charge in [0.1, 0.15) is 12.1 Å². The summed E-state index contributed by atoms with van der Waals surface area (Å²) in [6, 6.07) is 1.58. The second-order valence-corrected chi connectivity index (χ2v) is 3.59. The van der Waals surface area contributed by atoms with Crippen LogP contribution in [0.1, 0.15) is 0 Å². The monoisotopic (exact) mass is 266 g/mol. The summed E-state index contributed by atoms with van der Waals surface area (Å²) in [5.41, 5.74) is 0.186. The fourth-order valence-corrected chi connectivity index (χ4v) is 1.59. The molecule has 0 saturated carbocycles. The number of halogens is 1. The van der Waals surface area contributed by atoms with E-state index < -0.39 is 4.92 Å². The minimum atomic E-state index is -0.628. The number of aromatic nitrogens is 3. The Bertz CT molecular complexity index is 605. The molecule has 2 rings (SSSR count). The highest BCUT2D eigenvalue weighted by atomic mass is 35.5. The van der Waals surface area contributed by atoms with Crippen LogP contribution in [0.25, 0.3) is 11.3 Å². The van der Waals surface area contributed by atoms with Gasteiger partial charge in [0.25, 0.3) is 0 Å². The van der Waals surface area contributed by atoms with Crippen molar-refractivity contribution in [3.8, 4) is 17.0 Å². The number of methoxy groups -OCH3 is 1. The molecule has 0 bridgehead atoms. The summed E-state index contributed by atoms with van der Waals surface area (Å²) in [6.45, 7) is 0. The first-order chi connectivity index (χ1) is 8.63. The van der Waals surface area contributed by atoms with E-state index in [2.05, 4.69) is 15.0 Å². The van der Waals surface area contributed by atoms with Crippen LogP contribution in [0.5, 0.6) is 5.75 Å². The zero-order valence-corrected chi connectivity index (χ0v) is 9.96. The number of rotatable bonds is 3. The highest BCUT2D eigenvalue weighted by molar-refractivity contribution is 6.31. The van der Waals surface area contributed by atoms with E-state index in [0.717, 1.165) is 6.33 Å². The van der Waals surface area contributed by atoms with Crippen molar-refractivity contribution in [1.29, 1.82) is 0 Å². The van der Waals surface area contributed by atoms with Gasteiger partial charge in [0.15, 0.2) is 5.69 Å². The van der Waals surface area contributed by atoms with Crippen molar-refractivity contribution >= 4 is 17.3 Å². The van der Waals surface area contributed by atoms with E-state index in [1.807, 2.05) is 0 Å². The molecule has 0 aliphatic carbocycles. The molecular weight excluding hydrogens is 260 g/mol. The Morgan fingerprint density at radius 1 is 1.39 bits per heavy atom. The largest absolute Gasteiger partial charge is 0.495 e. The quantitative estimate of drug-likeness (QED) is 0.480. The second-order valence-electron chi connectivity index (χ2n) is 3.23. The van der Waals surface area contributed by atoms with E-state index in [4.69, 9.17) is 16.3 Å². The summed E-state index contributed by atoms with van der Waals surface area (Å²) in [5.74, 6) is 0.469. The van der Waals surface area contributed by atoms with E-state index in [0.29, 0.717) is 11.3 Å². The number of nitro groups is 1. The lowest BCUT2D eigenvalue weighted by molar-refractivity contribution is -0.384. The van der Waals surface area contributed by atoms with Gasteiger partial charge in [-0.25, -0.2) is 9.97 Å². The number of hydrogen-bond acceptors (Lipinski definition) is 6. The highest BCUT2D eigenvalue weighted by Crippen LogP contribution is 2.32. The molecule has 8 heteroatoms. The molecule has 7 nitrogen and oxygen atoms in total. The molecule has 0 aliphatic heterocycles. The molecule has 0 saturated heterocycles. The van der Waals surface area contributed by atoms with Crippen molar-refractivity contribution < 1.29 is 9.66 Å². The zero-order valence-electron chi connectivity index (χ0n) is 9.20. The van der Waals surface area contributed by atoms with Crippen molar-refractivity contribution in [2.24, 2.45) is 0 Å². The summed E-state index contributed by atoms with van der Waals surface area (Å²) in [7, 11) is 1.47. The average molecular weight is 267 g/mol. The molecule has 0 unspecified atom stereocenters. The average Bonchev–Trinajstić information content (AvgIpc) is 2.38. The van der Waals surface area contributed by atoms with Crippen molar-refractivity contribution in [2.45, 2.75) is 0 Å². The van der Waals surface area contributed by atoms with Crippen molar-refractivity contribution in [3.63, 3.8) is 0 Å². The van der Waals surface area contributed by atoms with Crippen molar-refractivity contribution in [3.05, 3.63) is 40.1 Å². The van der Waals surface area contributed by atoms with Gasteiger partial charge in [-0.1, -0.05) is 11.6 Å². The topological polar surface area (TPSA) is 91.0 Å². The van der Waals surface area contributed by atoms with Crippen molar-refractivity contribution in [1.82, 2.24) is 15.0 Å². The van der Waals surface area contributed by atoms with Gasteiger partial charge in [0.2, 0.25) is 5.15 Å².